The summed E-state index contributed by atoms with van der Waals surface area (Å²) in [4.78, 5) is 16.4. The van der Waals surface area contributed by atoms with Crippen molar-refractivity contribution in [1.82, 2.24) is 20.0 Å². The fourth-order valence-corrected chi connectivity index (χ4v) is 3.08. The van der Waals surface area contributed by atoms with Gasteiger partial charge in [-0.05, 0) is 19.0 Å². The number of carbonyl (C=O) groups excluding carboxylic acids is 1. The highest BCUT2D eigenvalue weighted by Gasteiger charge is 2.49. The van der Waals surface area contributed by atoms with Gasteiger partial charge in [-0.3, -0.25) is 14.8 Å². The number of H-pyrrole nitrogens is 1. The molecule has 0 saturated carbocycles. The molecule has 0 bridgehead atoms. The van der Waals surface area contributed by atoms with E-state index in [0.29, 0.717) is 11.1 Å². The maximum absolute atomic E-state index is 12.1. The maximum atomic E-state index is 12.1. The summed E-state index contributed by atoms with van der Waals surface area (Å²) in [6.45, 7) is 8.69. The molecule has 1 aromatic rings. The first kappa shape index (κ1) is 11.5. The van der Waals surface area contributed by atoms with Gasteiger partial charge in [0.25, 0.3) is 5.91 Å². The quantitative estimate of drug-likeness (QED) is 0.800. The van der Waals surface area contributed by atoms with Crippen LogP contribution in [0.25, 0.3) is 0 Å². The van der Waals surface area contributed by atoms with E-state index in [4.69, 9.17) is 0 Å². The van der Waals surface area contributed by atoms with Gasteiger partial charge in [-0.2, -0.15) is 5.10 Å². The highest BCUT2D eigenvalue weighted by molar-refractivity contribution is 5.92. The molecule has 0 radical (unpaired) electrons. The standard InChI is InChI=1S/C13H18N4O/c1-2-6-16-7-4-13(8-16)9-17(10-13)12(18)11-3-5-14-15-11/h2-3,5H,1,4,6-10H2,(H,14,15). The Labute approximate surface area is 106 Å². The molecular weight excluding hydrogens is 228 g/mol. The molecule has 1 amide bonds. The van der Waals surface area contributed by atoms with Crippen LogP contribution in [0.1, 0.15) is 16.9 Å². The molecule has 0 unspecified atom stereocenters. The van der Waals surface area contributed by atoms with Gasteiger partial charge in [0.05, 0.1) is 0 Å². The molecule has 1 N–H and O–H groups in total. The van der Waals surface area contributed by atoms with Crippen molar-refractivity contribution in [1.29, 1.82) is 0 Å². The maximum Gasteiger partial charge on any atom is 0.271 e. The molecule has 2 fully saturated rings. The number of rotatable bonds is 3. The molecule has 1 spiro atoms. The Balaban J connectivity index is 1.57. The molecule has 0 aromatic carbocycles. The van der Waals surface area contributed by atoms with Crippen LogP contribution in [0.5, 0.6) is 0 Å². The lowest BCUT2D eigenvalue weighted by molar-refractivity contribution is 0.0108. The molecule has 5 nitrogen and oxygen atoms in total. The largest absolute Gasteiger partial charge is 0.336 e. The first-order chi connectivity index (χ1) is 8.72. The van der Waals surface area contributed by atoms with Crippen molar-refractivity contribution in [3.8, 4) is 0 Å². The summed E-state index contributed by atoms with van der Waals surface area (Å²) in [5, 5.41) is 6.55. The van der Waals surface area contributed by atoms with Crippen LogP contribution in [0.4, 0.5) is 0 Å². The van der Waals surface area contributed by atoms with Crippen LogP contribution in [-0.2, 0) is 0 Å². The van der Waals surface area contributed by atoms with Crippen LogP contribution < -0.4 is 0 Å². The fraction of sp³-hybridized carbons (Fsp3) is 0.538. The first-order valence-electron chi connectivity index (χ1n) is 6.34. The van der Waals surface area contributed by atoms with E-state index in [-0.39, 0.29) is 5.91 Å². The predicted octanol–water partition coefficient (Wildman–Crippen LogP) is 0.744. The van der Waals surface area contributed by atoms with Crippen molar-refractivity contribution in [3.63, 3.8) is 0 Å². The summed E-state index contributed by atoms with van der Waals surface area (Å²) >= 11 is 0. The SMILES string of the molecule is C=CCN1CCC2(C1)CN(C(=O)c1ccn[nH]1)C2. The summed E-state index contributed by atoms with van der Waals surface area (Å²) in [6, 6.07) is 1.73. The summed E-state index contributed by atoms with van der Waals surface area (Å²) < 4.78 is 0. The number of carbonyl (C=O) groups is 1. The lowest BCUT2D eigenvalue weighted by Gasteiger charge is -2.47. The fourth-order valence-electron chi connectivity index (χ4n) is 3.08. The number of likely N-dealkylation sites (tertiary alicyclic amines) is 2. The molecule has 96 valence electrons. The minimum absolute atomic E-state index is 0.0697. The van der Waals surface area contributed by atoms with Crippen molar-refractivity contribution in [2.75, 3.05) is 32.7 Å². The van der Waals surface area contributed by atoms with E-state index >= 15 is 0 Å². The van der Waals surface area contributed by atoms with Gasteiger partial charge in [0.15, 0.2) is 0 Å². The van der Waals surface area contributed by atoms with E-state index < -0.39 is 0 Å². The summed E-state index contributed by atoms with van der Waals surface area (Å²) in [7, 11) is 0. The highest BCUT2D eigenvalue weighted by Crippen LogP contribution is 2.39. The van der Waals surface area contributed by atoms with Gasteiger partial charge in [-0.1, -0.05) is 6.08 Å². The summed E-state index contributed by atoms with van der Waals surface area (Å²) in [6.07, 6.45) is 4.75. The van der Waals surface area contributed by atoms with Crippen LogP contribution >= 0.6 is 0 Å². The van der Waals surface area contributed by atoms with Gasteiger partial charge in [-0.15, -0.1) is 6.58 Å². The number of nitrogens with zero attached hydrogens (tertiary/aromatic N) is 3. The number of nitrogens with one attached hydrogen (secondary N) is 1. The Morgan fingerprint density at radius 2 is 2.39 bits per heavy atom. The number of amides is 1. The van der Waals surface area contributed by atoms with Crippen LogP contribution in [0.3, 0.4) is 0 Å². The van der Waals surface area contributed by atoms with Gasteiger partial charge in [0, 0.05) is 37.8 Å². The monoisotopic (exact) mass is 246 g/mol. The Hall–Kier alpha value is -1.62. The average Bonchev–Trinajstić information content (AvgIpc) is 2.95. The normalized spacial score (nSPS) is 22.1. The zero-order valence-electron chi connectivity index (χ0n) is 10.4. The molecule has 1 aromatic heterocycles. The Bertz CT molecular complexity index is 448. The van der Waals surface area contributed by atoms with E-state index in [9.17, 15) is 4.79 Å². The molecule has 0 atom stereocenters. The molecule has 2 aliphatic rings. The van der Waals surface area contributed by atoms with Crippen LogP contribution in [0.2, 0.25) is 0 Å². The molecular formula is C13H18N4O. The van der Waals surface area contributed by atoms with Gasteiger partial charge in [0.2, 0.25) is 0 Å². The van der Waals surface area contributed by atoms with Crippen LogP contribution in [0.15, 0.2) is 24.9 Å². The van der Waals surface area contributed by atoms with Crippen molar-refractivity contribution in [3.05, 3.63) is 30.6 Å². The number of hydrogen-bond donors (Lipinski definition) is 1. The third kappa shape index (κ3) is 1.84. The second kappa shape index (κ2) is 4.24. The third-order valence-electron chi connectivity index (χ3n) is 3.98. The van der Waals surface area contributed by atoms with Crippen molar-refractivity contribution in [2.45, 2.75) is 6.42 Å². The number of aromatic amines is 1. The minimum atomic E-state index is 0.0697. The van der Waals surface area contributed by atoms with E-state index in [1.807, 2.05) is 11.0 Å². The molecule has 18 heavy (non-hydrogen) atoms. The van der Waals surface area contributed by atoms with Crippen molar-refractivity contribution in [2.24, 2.45) is 5.41 Å². The smallest absolute Gasteiger partial charge is 0.271 e. The summed E-state index contributed by atoms with van der Waals surface area (Å²) in [5.74, 6) is 0.0697. The van der Waals surface area contributed by atoms with E-state index in [1.165, 1.54) is 6.42 Å². The lowest BCUT2D eigenvalue weighted by atomic mass is 9.79. The third-order valence-corrected chi connectivity index (χ3v) is 3.98. The van der Waals surface area contributed by atoms with Crippen molar-refractivity contribution >= 4 is 5.91 Å². The predicted molar refractivity (Wildman–Crippen MR) is 68.2 cm³/mol. The zero-order valence-corrected chi connectivity index (χ0v) is 10.4. The molecule has 0 aliphatic carbocycles. The number of hydrogen-bond acceptors (Lipinski definition) is 3. The van der Waals surface area contributed by atoms with Gasteiger partial charge in [0.1, 0.15) is 5.69 Å². The molecule has 5 heteroatoms. The highest BCUT2D eigenvalue weighted by atomic mass is 16.2. The van der Waals surface area contributed by atoms with Gasteiger partial charge < -0.3 is 4.90 Å². The Morgan fingerprint density at radius 1 is 1.56 bits per heavy atom. The van der Waals surface area contributed by atoms with Gasteiger partial charge in [-0.25, -0.2) is 0 Å². The first-order valence-corrected chi connectivity index (χ1v) is 6.34. The van der Waals surface area contributed by atoms with Crippen LogP contribution in [0, 0.1) is 5.41 Å². The van der Waals surface area contributed by atoms with Gasteiger partial charge >= 0.3 is 0 Å². The van der Waals surface area contributed by atoms with Crippen molar-refractivity contribution < 1.29 is 4.79 Å². The average molecular weight is 246 g/mol. The topological polar surface area (TPSA) is 52.2 Å². The minimum Gasteiger partial charge on any atom is -0.336 e. The molecule has 3 rings (SSSR count). The second-order valence-corrected chi connectivity index (χ2v) is 5.41. The summed E-state index contributed by atoms with van der Waals surface area (Å²) in [5.41, 5.74) is 0.921. The zero-order chi connectivity index (χ0) is 12.6. The Kier molecular flexibility index (Phi) is 2.70. The second-order valence-electron chi connectivity index (χ2n) is 5.41. The van der Waals surface area contributed by atoms with E-state index in [0.717, 1.165) is 32.7 Å². The van der Waals surface area contributed by atoms with E-state index in [1.54, 1.807) is 12.3 Å². The lowest BCUT2D eigenvalue weighted by Crippen LogP contribution is -2.59. The molecule has 2 aliphatic heterocycles. The molecule has 3 heterocycles. The van der Waals surface area contributed by atoms with E-state index in [2.05, 4.69) is 21.7 Å². The van der Waals surface area contributed by atoms with Crippen LogP contribution in [-0.4, -0.2) is 58.6 Å². The number of aromatic nitrogens is 2. The Morgan fingerprint density at radius 3 is 3.06 bits per heavy atom. The molecule has 2 saturated heterocycles.